The van der Waals surface area contributed by atoms with Crippen molar-refractivity contribution in [2.45, 2.75) is 32.0 Å². The number of nitrogens with zero attached hydrogens (tertiary/aromatic N) is 1. The number of carboxylic acid groups (broad SMARTS) is 1. The first kappa shape index (κ1) is 17.0. The Balaban J connectivity index is 1.47. The molecule has 0 spiro atoms. The van der Waals surface area contributed by atoms with Crippen molar-refractivity contribution in [3.63, 3.8) is 0 Å². The third-order valence-corrected chi connectivity index (χ3v) is 5.72. The fraction of sp³-hybridized carbons (Fsp3) is 0.273. The van der Waals surface area contributed by atoms with Crippen molar-refractivity contribution in [3.8, 4) is 0 Å². The monoisotopic (exact) mass is 376 g/mol. The second-order valence-electron chi connectivity index (χ2n) is 7.45. The summed E-state index contributed by atoms with van der Waals surface area (Å²) in [5.74, 6) is -0.275. The molecule has 6 heteroatoms. The summed E-state index contributed by atoms with van der Waals surface area (Å²) in [5, 5.41) is 12.3. The molecule has 1 saturated heterocycles. The molecule has 0 radical (unpaired) electrons. The molecule has 3 heterocycles. The molecule has 0 bridgehead atoms. The number of anilines is 1. The van der Waals surface area contributed by atoms with Crippen molar-refractivity contribution in [3.05, 3.63) is 64.7 Å². The van der Waals surface area contributed by atoms with Gasteiger partial charge in [0.05, 0.1) is 5.57 Å². The number of likely N-dealkylation sites (tertiary alicyclic amines) is 1. The smallest absolute Gasteiger partial charge is 0.320 e. The van der Waals surface area contributed by atoms with E-state index in [0.717, 1.165) is 40.9 Å². The molecule has 1 unspecified atom stereocenters. The number of benzene rings is 2. The Bertz CT molecular complexity index is 1030. The van der Waals surface area contributed by atoms with Crippen LogP contribution in [-0.2, 0) is 27.5 Å². The van der Waals surface area contributed by atoms with Crippen LogP contribution >= 0.6 is 0 Å². The summed E-state index contributed by atoms with van der Waals surface area (Å²) < 4.78 is 5.93. The van der Waals surface area contributed by atoms with Crippen molar-refractivity contribution in [2.24, 2.45) is 0 Å². The van der Waals surface area contributed by atoms with E-state index < -0.39 is 12.0 Å². The minimum Gasteiger partial charge on any atom is -0.487 e. The van der Waals surface area contributed by atoms with Gasteiger partial charge in [-0.25, -0.2) is 0 Å². The molecule has 2 N–H and O–H groups in total. The second kappa shape index (κ2) is 6.49. The topological polar surface area (TPSA) is 78.9 Å². The molecule has 2 aromatic rings. The summed E-state index contributed by atoms with van der Waals surface area (Å²) in [6.07, 6.45) is 1.62. The van der Waals surface area contributed by atoms with E-state index >= 15 is 0 Å². The number of rotatable bonds is 3. The standard InChI is InChI=1S/C22H20N2O4/c25-21-19(16-4-1-2-5-17(16)23-21)20-15-8-7-13(10-14(15)12-28-20)11-24-9-3-6-18(24)22(26)27/h1-2,4-5,7-8,10,18H,3,6,9,11-12H2,(H,23,25)(H,26,27). The average molecular weight is 376 g/mol. The number of aliphatic carboxylic acids is 1. The van der Waals surface area contributed by atoms with Gasteiger partial charge in [0.15, 0.2) is 0 Å². The highest BCUT2D eigenvalue weighted by molar-refractivity contribution is 6.36. The van der Waals surface area contributed by atoms with Gasteiger partial charge in [-0.1, -0.05) is 36.4 Å². The summed E-state index contributed by atoms with van der Waals surface area (Å²) in [5.41, 5.74) is 5.27. The van der Waals surface area contributed by atoms with Gasteiger partial charge in [-0.3, -0.25) is 14.5 Å². The van der Waals surface area contributed by atoms with E-state index in [1.807, 2.05) is 41.3 Å². The zero-order chi connectivity index (χ0) is 19.3. The molecule has 2 aromatic carbocycles. The lowest BCUT2D eigenvalue weighted by molar-refractivity contribution is -0.142. The maximum Gasteiger partial charge on any atom is 0.320 e. The normalized spacial score (nSPS) is 23.3. The zero-order valence-electron chi connectivity index (χ0n) is 15.3. The third kappa shape index (κ3) is 2.68. The number of carboxylic acids is 1. The lowest BCUT2D eigenvalue weighted by Gasteiger charge is -2.21. The zero-order valence-corrected chi connectivity index (χ0v) is 15.3. The molecule has 0 saturated carbocycles. The predicted molar refractivity (Wildman–Crippen MR) is 104 cm³/mol. The Morgan fingerprint density at radius 2 is 2.07 bits per heavy atom. The maximum atomic E-state index is 12.5. The number of hydrogen-bond donors (Lipinski definition) is 2. The van der Waals surface area contributed by atoms with Gasteiger partial charge < -0.3 is 15.2 Å². The van der Waals surface area contributed by atoms with E-state index in [-0.39, 0.29) is 5.91 Å². The van der Waals surface area contributed by atoms with Crippen LogP contribution in [0.25, 0.3) is 11.3 Å². The van der Waals surface area contributed by atoms with Gasteiger partial charge in [-0.2, -0.15) is 0 Å². The SMILES string of the molecule is O=C1Nc2ccccc2C1=C1OCc2cc(CN3CCCC3C(=O)O)ccc21. The molecular formula is C22H20N2O4. The summed E-state index contributed by atoms with van der Waals surface area (Å²) in [6, 6.07) is 13.3. The largest absolute Gasteiger partial charge is 0.487 e. The minimum atomic E-state index is -0.750. The molecule has 5 rings (SSSR count). The highest BCUT2D eigenvalue weighted by Crippen LogP contribution is 2.41. The quantitative estimate of drug-likeness (QED) is 0.805. The molecule has 142 valence electrons. The van der Waals surface area contributed by atoms with Gasteiger partial charge in [0.2, 0.25) is 0 Å². The van der Waals surface area contributed by atoms with Crippen LogP contribution in [-0.4, -0.2) is 34.5 Å². The first-order valence-corrected chi connectivity index (χ1v) is 9.48. The number of carbonyl (C=O) groups excluding carboxylic acids is 1. The summed E-state index contributed by atoms with van der Waals surface area (Å²) in [6.45, 7) is 1.83. The summed E-state index contributed by atoms with van der Waals surface area (Å²) >= 11 is 0. The Kier molecular flexibility index (Phi) is 3.94. The molecule has 0 aliphatic carbocycles. The molecule has 6 nitrogen and oxygen atoms in total. The third-order valence-electron chi connectivity index (χ3n) is 5.72. The van der Waals surface area contributed by atoms with Crippen molar-refractivity contribution in [1.29, 1.82) is 0 Å². The number of hydrogen-bond acceptors (Lipinski definition) is 4. The summed E-state index contributed by atoms with van der Waals surface area (Å²) in [7, 11) is 0. The van der Waals surface area contributed by atoms with E-state index in [1.165, 1.54) is 0 Å². The van der Waals surface area contributed by atoms with E-state index in [0.29, 0.717) is 30.9 Å². The Labute approximate surface area is 162 Å². The molecule has 0 aromatic heterocycles. The Morgan fingerprint density at radius 3 is 2.93 bits per heavy atom. The van der Waals surface area contributed by atoms with Gasteiger partial charge in [0.25, 0.3) is 5.91 Å². The number of amides is 1. The van der Waals surface area contributed by atoms with Crippen LogP contribution in [0, 0.1) is 0 Å². The number of para-hydroxylation sites is 1. The Morgan fingerprint density at radius 1 is 1.21 bits per heavy atom. The Hall–Kier alpha value is -3.12. The van der Waals surface area contributed by atoms with Crippen molar-refractivity contribution >= 4 is 28.9 Å². The predicted octanol–water partition coefficient (Wildman–Crippen LogP) is 3.09. The van der Waals surface area contributed by atoms with Crippen LogP contribution in [0.2, 0.25) is 0 Å². The van der Waals surface area contributed by atoms with Gasteiger partial charge in [-0.15, -0.1) is 0 Å². The van der Waals surface area contributed by atoms with E-state index in [4.69, 9.17) is 4.74 Å². The van der Waals surface area contributed by atoms with E-state index in [9.17, 15) is 14.7 Å². The fourth-order valence-electron chi connectivity index (χ4n) is 4.39. The van der Waals surface area contributed by atoms with Crippen LogP contribution in [0.4, 0.5) is 5.69 Å². The highest BCUT2D eigenvalue weighted by Gasteiger charge is 2.33. The number of nitrogens with one attached hydrogen (secondary N) is 1. The van der Waals surface area contributed by atoms with Gasteiger partial charge in [-0.05, 0) is 31.0 Å². The summed E-state index contributed by atoms with van der Waals surface area (Å²) in [4.78, 5) is 25.9. The lowest BCUT2D eigenvalue weighted by atomic mass is 9.99. The molecule has 28 heavy (non-hydrogen) atoms. The molecule has 1 amide bonds. The molecular weight excluding hydrogens is 356 g/mol. The van der Waals surface area contributed by atoms with Crippen LogP contribution in [0.15, 0.2) is 42.5 Å². The lowest BCUT2D eigenvalue weighted by Crippen LogP contribution is -2.35. The van der Waals surface area contributed by atoms with Crippen LogP contribution < -0.4 is 5.32 Å². The number of ether oxygens (including phenoxy) is 1. The van der Waals surface area contributed by atoms with Crippen LogP contribution in [0.3, 0.4) is 0 Å². The first-order valence-electron chi connectivity index (χ1n) is 9.48. The fourth-order valence-corrected chi connectivity index (χ4v) is 4.39. The number of fused-ring (bicyclic) bond motifs is 2. The van der Waals surface area contributed by atoms with Crippen LogP contribution in [0.5, 0.6) is 0 Å². The first-order chi connectivity index (χ1) is 13.6. The van der Waals surface area contributed by atoms with E-state index in [1.54, 1.807) is 0 Å². The van der Waals surface area contributed by atoms with Gasteiger partial charge in [0, 0.05) is 28.9 Å². The van der Waals surface area contributed by atoms with Crippen molar-refractivity contribution in [2.75, 3.05) is 11.9 Å². The highest BCUT2D eigenvalue weighted by atomic mass is 16.5. The second-order valence-corrected chi connectivity index (χ2v) is 7.45. The van der Waals surface area contributed by atoms with E-state index in [2.05, 4.69) is 11.4 Å². The van der Waals surface area contributed by atoms with Crippen LogP contribution in [0.1, 0.15) is 35.1 Å². The molecule has 3 aliphatic heterocycles. The average Bonchev–Trinajstić information content (AvgIpc) is 3.37. The number of carbonyl (C=O) groups is 2. The van der Waals surface area contributed by atoms with Crippen molar-refractivity contribution < 1.29 is 19.4 Å². The molecule has 1 atom stereocenters. The minimum absolute atomic E-state index is 0.144. The van der Waals surface area contributed by atoms with Gasteiger partial charge >= 0.3 is 5.97 Å². The molecule has 3 aliphatic rings. The maximum absolute atomic E-state index is 12.5. The van der Waals surface area contributed by atoms with Gasteiger partial charge in [0.1, 0.15) is 18.4 Å². The molecule has 1 fully saturated rings. The van der Waals surface area contributed by atoms with Crippen molar-refractivity contribution in [1.82, 2.24) is 4.90 Å².